The van der Waals surface area contributed by atoms with Crippen LogP contribution < -0.4 is 4.74 Å². The highest BCUT2D eigenvalue weighted by Crippen LogP contribution is 2.30. The molecule has 1 aromatic carbocycles. The van der Waals surface area contributed by atoms with Crippen molar-refractivity contribution >= 4 is 28.6 Å². The maximum atomic E-state index is 10.4. The van der Waals surface area contributed by atoms with E-state index in [0.29, 0.717) is 25.0 Å². The van der Waals surface area contributed by atoms with Gasteiger partial charge in [0.2, 0.25) is 0 Å². The van der Waals surface area contributed by atoms with Gasteiger partial charge in [0, 0.05) is 15.6 Å². The number of carboxylic acid groups (broad SMARTS) is 1. The van der Waals surface area contributed by atoms with Crippen LogP contribution in [0.3, 0.4) is 0 Å². The molecule has 0 bridgehead atoms. The Kier molecular flexibility index (Phi) is 6.42. The number of halogens is 1. The van der Waals surface area contributed by atoms with Crippen molar-refractivity contribution in [2.24, 2.45) is 0 Å². The molecule has 4 nitrogen and oxygen atoms in total. The first-order chi connectivity index (χ1) is 8.54. The number of hydrogen-bond acceptors (Lipinski definition) is 3. The van der Waals surface area contributed by atoms with Gasteiger partial charge in [-0.15, -0.1) is 0 Å². The number of aliphatic hydroxyl groups excluding tert-OH is 1. The van der Waals surface area contributed by atoms with Crippen molar-refractivity contribution in [2.45, 2.75) is 31.8 Å². The lowest BCUT2D eigenvalue weighted by atomic mass is 10.0. The Hall–Kier alpha value is -0.820. The third kappa shape index (κ3) is 4.81. The number of carboxylic acids is 1. The maximum Gasteiger partial charge on any atom is 0.303 e. The summed E-state index contributed by atoms with van der Waals surface area (Å²) in [6.07, 6.45) is 1.35. The molecule has 1 rings (SSSR count). The van der Waals surface area contributed by atoms with E-state index in [1.807, 2.05) is 18.2 Å². The summed E-state index contributed by atoms with van der Waals surface area (Å²) in [7, 11) is 1.57. The van der Waals surface area contributed by atoms with Crippen LogP contribution in [0.2, 0.25) is 0 Å². The van der Waals surface area contributed by atoms with E-state index in [1.165, 1.54) is 0 Å². The molecule has 18 heavy (non-hydrogen) atoms. The number of benzene rings is 1. The van der Waals surface area contributed by atoms with Crippen LogP contribution in [0.1, 0.15) is 37.4 Å². The van der Waals surface area contributed by atoms with Crippen LogP contribution in [-0.4, -0.2) is 23.3 Å². The van der Waals surface area contributed by atoms with Gasteiger partial charge in [-0.05, 0) is 60.1 Å². The van der Waals surface area contributed by atoms with Crippen molar-refractivity contribution in [3.63, 3.8) is 0 Å². The van der Waals surface area contributed by atoms with E-state index in [2.05, 4.69) is 22.6 Å². The lowest BCUT2D eigenvalue weighted by Crippen LogP contribution is -2.02. The fourth-order valence-electron chi connectivity index (χ4n) is 1.74. The van der Waals surface area contributed by atoms with Crippen LogP contribution in [0.4, 0.5) is 0 Å². The topological polar surface area (TPSA) is 66.8 Å². The Morgan fingerprint density at radius 2 is 2.17 bits per heavy atom. The molecular weight excluding hydrogens is 347 g/mol. The number of methoxy groups -OCH3 is 1. The average Bonchev–Trinajstić information content (AvgIpc) is 2.34. The molecule has 5 heteroatoms. The molecule has 0 radical (unpaired) electrons. The number of aliphatic hydroxyl groups is 1. The third-order valence-corrected chi connectivity index (χ3v) is 3.34. The third-order valence-electron chi connectivity index (χ3n) is 2.67. The Morgan fingerprint density at radius 1 is 1.44 bits per heavy atom. The van der Waals surface area contributed by atoms with Crippen LogP contribution in [0.15, 0.2) is 18.2 Å². The largest absolute Gasteiger partial charge is 0.496 e. The van der Waals surface area contributed by atoms with Crippen molar-refractivity contribution in [1.82, 2.24) is 0 Å². The SMILES string of the molecule is COc1ccc(I)cc1C(O)CCCCC(=O)O. The van der Waals surface area contributed by atoms with Crippen molar-refractivity contribution in [3.05, 3.63) is 27.3 Å². The van der Waals surface area contributed by atoms with E-state index >= 15 is 0 Å². The lowest BCUT2D eigenvalue weighted by Gasteiger charge is -2.15. The Morgan fingerprint density at radius 3 is 2.78 bits per heavy atom. The van der Waals surface area contributed by atoms with Gasteiger partial charge >= 0.3 is 5.97 Å². The molecule has 1 aromatic rings. The van der Waals surface area contributed by atoms with Crippen LogP contribution in [-0.2, 0) is 4.79 Å². The van der Waals surface area contributed by atoms with E-state index in [0.717, 1.165) is 9.13 Å². The predicted molar refractivity (Wildman–Crippen MR) is 76.8 cm³/mol. The molecule has 2 N–H and O–H groups in total. The minimum atomic E-state index is -0.795. The minimum Gasteiger partial charge on any atom is -0.496 e. The van der Waals surface area contributed by atoms with Crippen molar-refractivity contribution < 1.29 is 19.7 Å². The first-order valence-corrected chi connectivity index (χ1v) is 6.85. The normalized spacial score (nSPS) is 12.2. The molecule has 100 valence electrons. The average molecular weight is 364 g/mol. The van der Waals surface area contributed by atoms with E-state index in [-0.39, 0.29) is 6.42 Å². The molecule has 0 aliphatic rings. The second-order valence-corrected chi connectivity index (χ2v) is 5.29. The number of unbranched alkanes of at least 4 members (excludes halogenated alkanes) is 1. The van der Waals surface area contributed by atoms with Crippen molar-refractivity contribution in [1.29, 1.82) is 0 Å². The fourth-order valence-corrected chi connectivity index (χ4v) is 2.25. The Bertz CT molecular complexity index is 406. The zero-order chi connectivity index (χ0) is 13.5. The molecular formula is C13H17IO4. The Balaban J connectivity index is 2.57. The molecule has 0 amide bonds. The molecule has 0 fully saturated rings. The monoisotopic (exact) mass is 364 g/mol. The number of hydrogen-bond donors (Lipinski definition) is 2. The molecule has 0 aromatic heterocycles. The quantitative estimate of drug-likeness (QED) is 0.577. The highest BCUT2D eigenvalue weighted by atomic mass is 127. The second-order valence-electron chi connectivity index (χ2n) is 4.04. The standard InChI is InChI=1S/C13H17IO4/c1-18-12-7-6-9(14)8-10(12)11(15)4-2-3-5-13(16)17/h6-8,11,15H,2-5H2,1H3,(H,16,17). The van der Waals surface area contributed by atoms with E-state index in [9.17, 15) is 9.90 Å². The van der Waals surface area contributed by atoms with Crippen molar-refractivity contribution in [2.75, 3.05) is 7.11 Å². The summed E-state index contributed by atoms with van der Waals surface area (Å²) in [5.74, 6) is -0.127. The first kappa shape index (κ1) is 15.2. The van der Waals surface area contributed by atoms with Gasteiger partial charge in [0.15, 0.2) is 0 Å². The molecule has 0 aliphatic carbocycles. The van der Waals surface area contributed by atoms with Crippen LogP contribution in [0.25, 0.3) is 0 Å². The molecule has 0 spiro atoms. The van der Waals surface area contributed by atoms with Gasteiger partial charge in [0.1, 0.15) is 5.75 Å². The van der Waals surface area contributed by atoms with Crippen LogP contribution in [0.5, 0.6) is 5.75 Å². The number of aliphatic carboxylic acids is 1. The molecule has 0 saturated heterocycles. The summed E-state index contributed by atoms with van der Waals surface area (Å²) in [4.78, 5) is 10.4. The fraction of sp³-hybridized carbons (Fsp3) is 0.462. The van der Waals surface area contributed by atoms with Crippen molar-refractivity contribution in [3.8, 4) is 5.75 Å². The van der Waals surface area contributed by atoms with Gasteiger partial charge in [-0.1, -0.05) is 0 Å². The maximum absolute atomic E-state index is 10.4. The molecule has 0 aliphatic heterocycles. The predicted octanol–water partition coefficient (Wildman–Crippen LogP) is 2.98. The van der Waals surface area contributed by atoms with Crippen LogP contribution >= 0.6 is 22.6 Å². The molecule has 0 heterocycles. The smallest absolute Gasteiger partial charge is 0.303 e. The molecule has 1 unspecified atom stereocenters. The Labute approximate surface area is 120 Å². The summed E-state index contributed by atoms with van der Waals surface area (Å²) in [5.41, 5.74) is 0.764. The van der Waals surface area contributed by atoms with Gasteiger partial charge in [-0.2, -0.15) is 0 Å². The first-order valence-electron chi connectivity index (χ1n) is 5.78. The zero-order valence-corrected chi connectivity index (χ0v) is 12.4. The summed E-state index contributed by atoms with van der Waals surface area (Å²) in [6, 6.07) is 5.64. The van der Waals surface area contributed by atoms with E-state index in [4.69, 9.17) is 9.84 Å². The highest BCUT2D eigenvalue weighted by molar-refractivity contribution is 14.1. The summed E-state index contributed by atoms with van der Waals surface area (Å²) >= 11 is 2.18. The van der Waals surface area contributed by atoms with Gasteiger partial charge in [-0.3, -0.25) is 4.79 Å². The van der Waals surface area contributed by atoms with Crippen LogP contribution in [0, 0.1) is 3.57 Å². The van der Waals surface area contributed by atoms with Gasteiger partial charge in [0.25, 0.3) is 0 Å². The van der Waals surface area contributed by atoms with E-state index < -0.39 is 12.1 Å². The number of rotatable bonds is 7. The second kappa shape index (κ2) is 7.58. The zero-order valence-electron chi connectivity index (χ0n) is 10.2. The molecule has 1 atom stereocenters. The highest BCUT2D eigenvalue weighted by Gasteiger charge is 2.13. The van der Waals surface area contributed by atoms with Gasteiger partial charge in [0.05, 0.1) is 13.2 Å². The minimum absolute atomic E-state index is 0.149. The molecule has 0 saturated carbocycles. The number of ether oxygens (including phenoxy) is 1. The van der Waals surface area contributed by atoms with E-state index in [1.54, 1.807) is 7.11 Å². The lowest BCUT2D eigenvalue weighted by molar-refractivity contribution is -0.137. The van der Waals surface area contributed by atoms with Gasteiger partial charge in [-0.25, -0.2) is 0 Å². The summed E-state index contributed by atoms with van der Waals surface area (Å²) in [5, 5.41) is 18.6. The van der Waals surface area contributed by atoms with Gasteiger partial charge < -0.3 is 14.9 Å². The summed E-state index contributed by atoms with van der Waals surface area (Å²) in [6.45, 7) is 0. The number of carbonyl (C=O) groups is 1. The summed E-state index contributed by atoms with van der Waals surface area (Å²) < 4.78 is 6.24.